The van der Waals surface area contributed by atoms with Crippen LogP contribution in [0, 0.1) is 11.3 Å². The van der Waals surface area contributed by atoms with E-state index in [0.29, 0.717) is 5.75 Å². The summed E-state index contributed by atoms with van der Waals surface area (Å²) in [6.07, 6.45) is 7.96. The molecule has 0 amide bonds. The van der Waals surface area contributed by atoms with E-state index in [1.54, 1.807) is 6.92 Å². The third-order valence-electron chi connectivity index (χ3n) is 4.78. The first-order valence-corrected chi connectivity index (χ1v) is 9.19. The summed E-state index contributed by atoms with van der Waals surface area (Å²) < 4.78 is 23.0. The van der Waals surface area contributed by atoms with Gasteiger partial charge in [0.15, 0.2) is 0 Å². The summed E-state index contributed by atoms with van der Waals surface area (Å²) in [5.74, 6) is 1.47. The van der Waals surface area contributed by atoms with Crippen LogP contribution in [0.1, 0.15) is 58.8 Å². The lowest BCUT2D eigenvalue weighted by atomic mass is 9.68. The van der Waals surface area contributed by atoms with Gasteiger partial charge in [0.2, 0.25) is 0 Å². The zero-order valence-electron chi connectivity index (χ0n) is 12.0. The summed E-state index contributed by atoms with van der Waals surface area (Å²) in [4.78, 5) is 0. The van der Waals surface area contributed by atoms with Gasteiger partial charge in [0.25, 0.3) is 0 Å². The molecule has 4 heteroatoms. The van der Waals surface area contributed by atoms with Gasteiger partial charge in [-0.3, -0.25) is 0 Å². The molecule has 2 N–H and O–H groups in total. The average Bonchev–Trinajstić information content (AvgIpc) is 2.39. The highest BCUT2D eigenvalue weighted by atomic mass is 32.2. The molecule has 0 aromatic heterocycles. The molecule has 0 spiro atoms. The predicted octanol–water partition coefficient (Wildman–Crippen LogP) is 2.75. The average molecular weight is 275 g/mol. The van der Waals surface area contributed by atoms with Crippen molar-refractivity contribution in [2.45, 2.75) is 58.8 Å². The molecule has 0 saturated heterocycles. The Morgan fingerprint density at radius 2 is 1.83 bits per heavy atom. The molecule has 1 fully saturated rings. The zero-order valence-corrected chi connectivity index (χ0v) is 12.8. The van der Waals surface area contributed by atoms with Gasteiger partial charge in [-0.1, -0.05) is 20.3 Å². The maximum atomic E-state index is 11.5. The molecular weight excluding hydrogens is 246 g/mol. The second-order valence-corrected chi connectivity index (χ2v) is 8.37. The Labute approximate surface area is 112 Å². The second kappa shape index (κ2) is 6.90. The Morgan fingerprint density at radius 1 is 1.22 bits per heavy atom. The lowest BCUT2D eigenvalue weighted by Gasteiger charge is -2.39. The van der Waals surface area contributed by atoms with E-state index in [9.17, 15) is 8.42 Å². The molecule has 0 bridgehead atoms. The highest BCUT2D eigenvalue weighted by molar-refractivity contribution is 7.91. The molecule has 1 aliphatic rings. The summed E-state index contributed by atoms with van der Waals surface area (Å²) in [6, 6.07) is 0. The van der Waals surface area contributed by atoms with Crippen molar-refractivity contribution >= 4 is 9.84 Å². The predicted molar refractivity (Wildman–Crippen MR) is 77.3 cm³/mol. The van der Waals surface area contributed by atoms with E-state index < -0.39 is 9.84 Å². The number of sulfone groups is 1. The molecule has 1 saturated carbocycles. The van der Waals surface area contributed by atoms with Crippen LogP contribution >= 0.6 is 0 Å². The van der Waals surface area contributed by atoms with Crippen molar-refractivity contribution < 1.29 is 8.42 Å². The quantitative estimate of drug-likeness (QED) is 0.777. The van der Waals surface area contributed by atoms with Gasteiger partial charge in [0.05, 0.1) is 5.75 Å². The summed E-state index contributed by atoms with van der Waals surface area (Å²) in [6.45, 7) is 4.70. The van der Waals surface area contributed by atoms with Crippen molar-refractivity contribution in [3.05, 3.63) is 0 Å². The molecular formula is C14H29NO2S. The van der Waals surface area contributed by atoms with E-state index in [-0.39, 0.29) is 11.2 Å². The van der Waals surface area contributed by atoms with E-state index in [1.807, 2.05) is 0 Å². The van der Waals surface area contributed by atoms with Crippen LogP contribution in [0.3, 0.4) is 0 Å². The minimum atomic E-state index is -2.81. The van der Waals surface area contributed by atoms with Crippen LogP contribution in [0.4, 0.5) is 0 Å². The van der Waals surface area contributed by atoms with E-state index in [1.165, 1.54) is 32.1 Å². The van der Waals surface area contributed by atoms with E-state index in [2.05, 4.69) is 6.92 Å². The number of hydrogen-bond donors (Lipinski definition) is 1. The minimum Gasteiger partial charge on any atom is -0.330 e. The number of hydrogen-bond acceptors (Lipinski definition) is 3. The molecule has 0 atom stereocenters. The fraction of sp³-hybridized carbons (Fsp3) is 1.00. The molecule has 1 rings (SSSR count). The molecule has 0 unspecified atom stereocenters. The number of rotatable bonds is 7. The molecule has 0 aliphatic heterocycles. The SMILES string of the molecule is CCC1CCC(CN)(CCCS(=O)(=O)CC)CC1. The third kappa shape index (κ3) is 4.54. The van der Waals surface area contributed by atoms with E-state index in [4.69, 9.17) is 5.73 Å². The Morgan fingerprint density at radius 3 is 2.28 bits per heavy atom. The zero-order chi connectivity index (χ0) is 13.6. The van der Waals surface area contributed by atoms with Gasteiger partial charge >= 0.3 is 0 Å². The van der Waals surface area contributed by atoms with Crippen LogP contribution in [0.5, 0.6) is 0 Å². The van der Waals surface area contributed by atoms with E-state index in [0.717, 1.165) is 25.3 Å². The van der Waals surface area contributed by atoms with Gasteiger partial charge in [-0.05, 0) is 56.4 Å². The van der Waals surface area contributed by atoms with Crippen LogP contribution in [-0.4, -0.2) is 26.5 Å². The van der Waals surface area contributed by atoms with Gasteiger partial charge in [-0.15, -0.1) is 0 Å². The Bertz CT molecular complexity index is 330. The van der Waals surface area contributed by atoms with Crippen molar-refractivity contribution in [3.63, 3.8) is 0 Å². The normalized spacial score (nSPS) is 29.4. The molecule has 1 aliphatic carbocycles. The Kier molecular flexibility index (Phi) is 6.12. The fourth-order valence-corrected chi connectivity index (χ4v) is 3.94. The lowest BCUT2D eigenvalue weighted by molar-refractivity contribution is 0.141. The van der Waals surface area contributed by atoms with Crippen molar-refractivity contribution in [2.24, 2.45) is 17.1 Å². The highest BCUT2D eigenvalue weighted by Gasteiger charge is 2.33. The summed E-state index contributed by atoms with van der Waals surface area (Å²) in [7, 11) is -2.81. The van der Waals surface area contributed by atoms with Crippen molar-refractivity contribution in [2.75, 3.05) is 18.1 Å². The van der Waals surface area contributed by atoms with Crippen LogP contribution in [-0.2, 0) is 9.84 Å². The summed E-state index contributed by atoms with van der Waals surface area (Å²) in [5, 5.41) is 0. The smallest absolute Gasteiger partial charge is 0.150 e. The monoisotopic (exact) mass is 275 g/mol. The minimum absolute atomic E-state index is 0.231. The van der Waals surface area contributed by atoms with Crippen LogP contribution < -0.4 is 5.73 Å². The molecule has 0 aromatic rings. The largest absolute Gasteiger partial charge is 0.330 e. The van der Waals surface area contributed by atoms with Gasteiger partial charge in [-0.2, -0.15) is 0 Å². The lowest BCUT2D eigenvalue weighted by Crippen LogP contribution is -2.35. The maximum absolute atomic E-state index is 11.5. The van der Waals surface area contributed by atoms with Crippen molar-refractivity contribution in [1.29, 1.82) is 0 Å². The molecule has 3 nitrogen and oxygen atoms in total. The molecule has 0 radical (unpaired) electrons. The van der Waals surface area contributed by atoms with Crippen molar-refractivity contribution in [1.82, 2.24) is 0 Å². The fourth-order valence-electron chi connectivity index (χ4n) is 3.07. The third-order valence-corrected chi connectivity index (χ3v) is 6.57. The standard InChI is InChI=1S/C14H29NO2S/c1-3-13-6-9-14(12-15,10-7-13)8-5-11-18(16,17)4-2/h13H,3-12,15H2,1-2H3. The van der Waals surface area contributed by atoms with E-state index >= 15 is 0 Å². The van der Waals surface area contributed by atoms with Crippen LogP contribution in [0.25, 0.3) is 0 Å². The number of nitrogens with two attached hydrogens (primary N) is 1. The van der Waals surface area contributed by atoms with Gasteiger partial charge in [0.1, 0.15) is 9.84 Å². The highest BCUT2D eigenvalue weighted by Crippen LogP contribution is 2.42. The topological polar surface area (TPSA) is 60.2 Å². The summed E-state index contributed by atoms with van der Waals surface area (Å²) in [5.41, 5.74) is 6.19. The second-order valence-electron chi connectivity index (χ2n) is 5.90. The Hall–Kier alpha value is -0.0900. The van der Waals surface area contributed by atoms with Crippen molar-refractivity contribution in [3.8, 4) is 0 Å². The Balaban J connectivity index is 2.43. The first kappa shape index (κ1) is 16.0. The van der Waals surface area contributed by atoms with Gasteiger partial charge in [-0.25, -0.2) is 8.42 Å². The molecule has 18 heavy (non-hydrogen) atoms. The van der Waals surface area contributed by atoms with Gasteiger partial charge < -0.3 is 5.73 Å². The summed E-state index contributed by atoms with van der Waals surface area (Å²) >= 11 is 0. The maximum Gasteiger partial charge on any atom is 0.150 e. The molecule has 108 valence electrons. The molecule has 0 heterocycles. The van der Waals surface area contributed by atoms with Gasteiger partial charge in [0, 0.05) is 5.75 Å². The van der Waals surface area contributed by atoms with Crippen LogP contribution in [0.15, 0.2) is 0 Å². The first-order chi connectivity index (χ1) is 8.47. The molecule has 0 aromatic carbocycles. The first-order valence-electron chi connectivity index (χ1n) is 7.37. The van der Waals surface area contributed by atoms with Crippen LogP contribution in [0.2, 0.25) is 0 Å².